The zero-order valence-corrected chi connectivity index (χ0v) is 33.4. The average molecular weight is 831 g/mol. The fourth-order valence-corrected chi connectivity index (χ4v) is 9.27. The van der Waals surface area contributed by atoms with Gasteiger partial charge in [0.2, 0.25) is 0 Å². The average Bonchev–Trinajstić information content (AvgIpc) is 3.88. The van der Waals surface area contributed by atoms with Gasteiger partial charge in [0.25, 0.3) is 21.6 Å². The van der Waals surface area contributed by atoms with Crippen molar-refractivity contribution < 1.29 is 32.0 Å². The minimum absolute atomic E-state index is 0.0520. The lowest BCUT2D eigenvalue weighted by Crippen LogP contribution is -2.31. The van der Waals surface area contributed by atoms with Crippen LogP contribution in [0, 0.1) is 16.0 Å². The van der Waals surface area contributed by atoms with Crippen LogP contribution in [0.3, 0.4) is 0 Å². The number of sulfonamides is 1. The van der Waals surface area contributed by atoms with E-state index < -0.39 is 37.6 Å². The van der Waals surface area contributed by atoms with Crippen LogP contribution in [-0.4, -0.2) is 61.7 Å². The maximum absolute atomic E-state index is 15.1. The number of aromatic amines is 1. The third-order valence-corrected chi connectivity index (χ3v) is 12.9. The zero-order valence-electron chi connectivity index (χ0n) is 32.6. The van der Waals surface area contributed by atoms with Gasteiger partial charge in [-0.2, -0.15) is 0 Å². The van der Waals surface area contributed by atoms with Crippen molar-refractivity contribution in [3.05, 3.63) is 136 Å². The van der Waals surface area contributed by atoms with Crippen LogP contribution in [0.4, 0.5) is 21.5 Å². The van der Waals surface area contributed by atoms with Gasteiger partial charge in [0, 0.05) is 56.1 Å². The predicted octanol–water partition coefficient (Wildman–Crippen LogP) is 9.05. The van der Waals surface area contributed by atoms with Gasteiger partial charge in [-0.15, -0.1) is 0 Å². The third kappa shape index (κ3) is 8.27. The van der Waals surface area contributed by atoms with Crippen LogP contribution in [0.1, 0.15) is 65.5 Å². The molecule has 308 valence electrons. The quantitative estimate of drug-likeness (QED) is 0.0754. The normalized spacial score (nSPS) is 18.4. The van der Waals surface area contributed by atoms with E-state index in [9.17, 15) is 23.3 Å². The van der Waals surface area contributed by atoms with Crippen LogP contribution >= 0.6 is 0 Å². The lowest BCUT2D eigenvalue weighted by Gasteiger charge is -2.28. The summed E-state index contributed by atoms with van der Waals surface area (Å²) in [6.45, 7) is 1.99. The second-order valence-corrected chi connectivity index (χ2v) is 17.3. The molecule has 4 aromatic carbocycles. The number of aromatic nitrogens is 2. The molecule has 0 bridgehead atoms. The maximum atomic E-state index is 15.1. The lowest BCUT2D eigenvalue weighted by molar-refractivity contribution is -0.384. The molecule has 3 N–H and O–H groups in total. The number of nitro groups is 1. The Hall–Kier alpha value is -6.32. The molecule has 13 nitrogen and oxygen atoms in total. The number of alkyl halides is 1. The summed E-state index contributed by atoms with van der Waals surface area (Å²) in [6, 6.07) is 27.9. The Bertz CT molecular complexity index is 2680. The van der Waals surface area contributed by atoms with Gasteiger partial charge in [-0.3, -0.25) is 14.9 Å². The van der Waals surface area contributed by atoms with E-state index in [0.717, 1.165) is 48.4 Å². The first-order valence-corrected chi connectivity index (χ1v) is 21.6. The monoisotopic (exact) mass is 830 g/mol. The Morgan fingerprint density at radius 2 is 1.72 bits per heavy atom. The highest BCUT2D eigenvalue weighted by molar-refractivity contribution is 7.90. The van der Waals surface area contributed by atoms with Gasteiger partial charge < -0.3 is 24.7 Å². The largest absolute Gasteiger partial charge is 0.455 e. The number of anilines is 2. The van der Waals surface area contributed by atoms with Crippen molar-refractivity contribution in [1.29, 1.82) is 0 Å². The van der Waals surface area contributed by atoms with E-state index in [0.29, 0.717) is 49.1 Å². The van der Waals surface area contributed by atoms with E-state index in [1.54, 1.807) is 24.4 Å². The molecule has 6 aromatic rings. The van der Waals surface area contributed by atoms with Gasteiger partial charge in [-0.05, 0) is 108 Å². The number of nitrogens with one attached hydrogen (secondary N) is 3. The Morgan fingerprint density at radius 3 is 2.48 bits per heavy atom. The zero-order chi connectivity index (χ0) is 41.4. The second-order valence-electron chi connectivity index (χ2n) is 15.7. The number of halogens is 1. The summed E-state index contributed by atoms with van der Waals surface area (Å²) in [5, 5.41) is 15.9. The molecule has 3 aliphatic rings. The fraction of sp³-hybridized carbons (Fsp3) is 0.289. The SMILES string of the molecule is O=C(NS(=O)(=O)c1ccc(NCC2CCOCC2)c([N+](=O)[O-])c1)c1ccc(-c2ccc(N3CC(F)CC3c3ccccc3C3CC3)cc2)cc1Oc1cnc2[nH]ccc2c1. The third-order valence-electron chi connectivity index (χ3n) is 11.6. The Kier molecular flexibility index (Phi) is 10.7. The van der Waals surface area contributed by atoms with Gasteiger partial charge in [0.1, 0.15) is 29.0 Å². The number of pyridine rings is 1. The fourth-order valence-electron chi connectivity index (χ4n) is 8.29. The van der Waals surface area contributed by atoms with Crippen molar-refractivity contribution in [3.8, 4) is 22.6 Å². The lowest BCUT2D eigenvalue weighted by atomic mass is 9.95. The number of ether oxygens (including phenoxy) is 2. The molecule has 1 aliphatic carbocycles. The summed E-state index contributed by atoms with van der Waals surface area (Å²) < 4.78 is 56.1. The van der Waals surface area contributed by atoms with Gasteiger partial charge in [-0.1, -0.05) is 42.5 Å². The molecule has 2 atom stereocenters. The van der Waals surface area contributed by atoms with Crippen LogP contribution in [0.15, 0.2) is 114 Å². The number of benzene rings is 4. The second kappa shape index (κ2) is 16.4. The van der Waals surface area contributed by atoms with Crippen molar-refractivity contribution in [2.45, 2.75) is 55.1 Å². The van der Waals surface area contributed by atoms with Crippen LogP contribution < -0.4 is 19.7 Å². The van der Waals surface area contributed by atoms with E-state index in [1.165, 1.54) is 35.5 Å². The molecule has 1 amide bonds. The molecule has 9 rings (SSSR count). The number of carbonyl (C=O) groups excluding carboxylic acids is 1. The highest BCUT2D eigenvalue weighted by Crippen LogP contribution is 2.47. The van der Waals surface area contributed by atoms with E-state index in [4.69, 9.17) is 9.47 Å². The first-order valence-electron chi connectivity index (χ1n) is 20.1. The maximum Gasteiger partial charge on any atom is 0.293 e. The number of rotatable bonds is 13. The summed E-state index contributed by atoms with van der Waals surface area (Å²) in [7, 11) is -4.59. The summed E-state index contributed by atoms with van der Waals surface area (Å²) in [6.07, 6.45) is 6.63. The van der Waals surface area contributed by atoms with E-state index in [-0.39, 0.29) is 35.5 Å². The summed E-state index contributed by atoms with van der Waals surface area (Å²) in [5.41, 5.74) is 5.12. The van der Waals surface area contributed by atoms with Crippen molar-refractivity contribution in [1.82, 2.24) is 14.7 Å². The number of carbonyl (C=O) groups is 1. The van der Waals surface area contributed by atoms with Gasteiger partial charge >= 0.3 is 0 Å². The topological polar surface area (TPSA) is 169 Å². The molecule has 3 fully saturated rings. The van der Waals surface area contributed by atoms with Gasteiger partial charge in [-0.25, -0.2) is 22.5 Å². The molecule has 0 radical (unpaired) electrons. The number of hydrogen-bond donors (Lipinski definition) is 3. The van der Waals surface area contributed by atoms with Crippen LogP contribution in [-0.2, 0) is 14.8 Å². The number of hydrogen-bond acceptors (Lipinski definition) is 10. The molecule has 2 aromatic heterocycles. The highest BCUT2D eigenvalue weighted by Gasteiger charge is 2.37. The molecule has 2 unspecified atom stereocenters. The van der Waals surface area contributed by atoms with E-state index in [1.807, 2.05) is 36.4 Å². The standard InChI is InChI=1S/C45H43FN6O7S/c46-33-23-41(38-4-2-1-3-37(38)30-5-6-30)51(27-33)34-10-7-29(8-11-34)31-9-13-39(43(22-31)59-35-21-32-15-18-47-44(32)49-26-35)45(53)50-60(56,57)36-12-14-40(42(24-36)52(54)55)48-25-28-16-19-58-20-17-28/h1-4,7-15,18,21-22,24,26,28,30,33,41,48H,5-6,16-17,19-20,23,25,27H2,(H,47,49)(H,50,53). The number of fused-ring (bicyclic) bond motifs is 1. The van der Waals surface area contributed by atoms with Crippen molar-refractivity contribution >= 4 is 44.0 Å². The number of nitrogens with zero attached hydrogens (tertiary/aromatic N) is 3. The number of H-pyrrole nitrogens is 1. The molecule has 4 heterocycles. The smallest absolute Gasteiger partial charge is 0.293 e. The first-order chi connectivity index (χ1) is 29.1. The van der Waals surface area contributed by atoms with E-state index >= 15 is 4.39 Å². The van der Waals surface area contributed by atoms with Gasteiger partial charge in [0.15, 0.2) is 0 Å². The van der Waals surface area contributed by atoms with Crippen molar-refractivity contribution in [3.63, 3.8) is 0 Å². The predicted molar refractivity (Wildman–Crippen MR) is 226 cm³/mol. The van der Waals surface area contributed by atoms with E-state index in [2.05, 4.69) is 43.1 Å². The molecule has 15 heteroatoms. The number of amides is 1. The number of nitro benzene ring substituents is 1. The summed E-state index contributed by atoms with van der Waals surface area (Å²) >= 11 is 0. The molecule has 2 aliphatic heterocycles. The van der Waals surface area contributed by atoms with Crippen LogP contribution in [0.25, 0.3) is 22.2 Å². The molecule has 2 saturated heterocycles. The Morgan fingerprint density at radius 1 is 0.950 bits per heavy atom. The highest BCUT2D eigenvalue weighted by atomic mass is 32.2. The van der Waals surface area contributed by atoms with Crippen molar-refractivity contribution in [2.75, 3.05) is 36.5 Å². The van der Waals surface area contributed by atoms with Gasteiger partial charge in [0.05, 0.1) is 27.6 Å². The van der Waals surface area contributed by atoms with Crippen LogP contribution in [0.5, 0.6) is 11.5 Å². The first kappa shape index (κ1) is 39.2. The Balaban J connectivity index is 0.986. The summed E-state index contributed by atoms with van der Waals surface area (Å²) in [4.78, 5) is 34.4. The minimum atomic E-state index is -4.59. The molecular weight excluding hydrogens is 788 g/mol. The molecular formula is C45H43FN6O7S. The van der Waals surface area contributed by atoms with Crippen LogP contribution in [0.2, 0.25) is 0 Å². The minimum Gasteiger partial charge on any atom is -0.455 e. The molecule has 0 spiro atoms. The molecule has 1 saturated carbocycles. The van der Waals surface area contributed by atoms with Crippen molar-refractivity contribution in [2.24, 2.45) is 5.92 Å². The Labute approximate surface area is 346 Å². The molecule has 60 heavy (non-hydrogen) atoms. The summed E-state index contributed by atoms with van der Waals surface area (Å²) in [5.74, 6) is 0.153.